The highest BCUT2D eigenvalue weighted by molar-refractivity contribution is 7.67. The van der Waals surface area contributed by atoms with Crippen LogP contribution in [0.15, 0.2) is 48.8 Å². The molecule has 0 spiro atoms. The van der Waals surface area contributed by atoms with Crippen LogP contribution in [0.4, 0.5) is 5.69 Å². The summed E-state index contributed by atoms with van der Waals surface area (Å²) in [5.74, 6) is -1.23. The molecule has 0 saturated carbocycles. The summed E-state index contributed by atoms with van der Waals surface area (Å²) in [7, 11) is 0.415. The first-order valence-corrected chi connectivity index (χ1v) is 9.78. The predicted molar refractivity (Wildman–Crippen MR) is 98.1 cm³/mol. The Morgan fingerprint density at radius 1 is 1.25 bits per heavy atom. The number of hydrogen-bond donors (Lipinski definition) is 1. The lowest BCUT2D eigenvalue weighted by atomic mass is 10.3. The number of pyridine rings is 1. The maximum absolute atomic E-state index is 13.6. The molecule has 6 heteroatoms. The molecule has 0 amide bonds. The van der Waals surface area contributed by atoms with E-state index in [0.717, 1.165) is 18.5 Å². The van der Waals surface area contributed by atoms with Gasteiger partial charge in [0, 0.05) is 43.0 Å². The van der Waals surface area contributed by atoms with Gasteiger partial charge in [-0.2, -0.15) is 0 Å². The van der Waals surface area contributed by atoms with Gasteiger partial charge < -0.3 is 14.5 Å². The molecular formula is C18H25N2O3P. The van der Waals surface area contributed by atoms with Crippen molar-refractivity contribution in [1.82, 2.24) is 4.98 Å². The topological polar surface area (TPSA) is 62.7 Å². The normalized spacial score (nSPS) is 14.8. The van der Waals surface area contributed by atoms with E-state index in [4.69, 9.17) is 4.52 Å². The van der Waals surface area contributed by atoms with Crippen LogP contribution in [-0.2, 0) is 9.09 Å². The van der Waals surface area contributed by atoms with E-state index >= 15 is 0 Å². The average molecular weight is 348 g/mol. The van der Waals surface area contributed by atoms with Crippen LogP contribution < -0.4 is 10.2 Å². The first-order valence-electron chi connectivity index (χ1n) is 8.09. The Morgan fingerprint density at radius 2 is 1.96 bits per heavy atom. The van der Waals surface area contributed by atoms with Crippen LogP contribution in [0.25, 0.3) is 0 Å². The van der Waals surface area contributed by atoms with Crippen LogP contribution >= 0.6 is 7.37 Å². The number of rotatable bonds is 8. The van der Waals surface area contributed by atoms with Crippen LogP contribution in [0, 0.1) is 0 Å². The van der Waals surface area contributed by atoms with Crippen LogP contribution in [0.2, 0.25) is 0 Å². The number of hydrogen-bond acceptors (Lipinski definition) is 5. The average Bonchev–Trinajstić information content (AvgIpc) is 2.62. The largest absolute Gasteiger partial charge is 0.378 e. The lowest BCUT2D eigenvalue weighted by Gasteiger charge is -2.25. The molecule has 1 heterocycles. The number of nitrogens with zero attached hydrogens (tertiary/aromatic N) is 2. The molecular weight excluding hydrogens is 323 g/mol. The number of aliphatic hydroxyl groups is 1. The Hall–Kier alpha value is -1.68. The molecule has 2 aromatic rings. The Bertz CT molecular complexity index is 674. The molecule has 0 aliphatic rings. The third-order valence-electron chi connectivity index (χ3n) is 3.81. The summed E-state index contributed by atoms with van der Waals surface area (Å²) < 4.78 is 19.3. The zero-order valence-corrected chi connectivity index (χ0v) is 15.3. The van der Waals surface area contributed by atoms with Crippen LogP contribution in [0.5, 0.6) is 0 Å². The number of unbranched alkanes of at least 4 members (excludes halogenated alkanes) is 1. The second-order valence-corrected chi connectivity index (χ2v) is 8.31. The molecule has 0 unspecified atom stereocenters. The van der Waals surface area contributed by atoms with Gasteiger partial charge in [0.15, 0.2) is 5.85 Å². The smallest absolute Gasteiger partial charge is 0.264 e. The molecule has 130 valence electrons. The van der Waals surface area contributed by atoms with Crippen molar-refractivity contribution in [2.24, 2.45) is 0 Å². The molecule has 0 saturated heterocycles. The predicted octanol–water partition coefficient (Wildman–Crippen LogP) is 3.56. The van der Waals surface area contributed by atoms with Crippen LogP contribution in [0.3, 0.4) is 0 Å². The molecule has 0 fully saturated rings. The van der Waals surface area contributed by atoms with E-state index in [9.17, 15) is 9.67 Å². The number of aliphatic hydroxyl groups excluding tert-OH is 1. The fourth-order valence-electron chi connectivity index (χ4n) is 2.31. The standard InChI is InChI=1S/C18H25N2O3P/c1-4-5-13-23-24(22,18(21)15-7-6-12-19-14-15)17-10-8-16(9-11-17)20(2)3/h6-12,14,18,21H,4-5,13H2,1-3H3/t18-,24-/m1/s1. The number of benzene rings is 1. The lowest BCUT2D eigenvalue weighted by Crippen LogP contribution is -2.16. The van der Waals surface area contributed by atoms with Crippen LogP contribution in [0.1, 0.15) is 31.2 Å². The summed E-state index contributed by atoms with van der Waals surface area (Å²) >= 11 is 0. The second-order valence-electron chi connectivity index (χ2n) is 5.85. The minimum atomic E-state index is -3.47. The van der Waals surface area contributed by atoms with E-state index in [1.807, 2.05) is 38.1 Å². The van der Waals surface area contributed by atoms with E-state index in [-0.39, 0.29) is 0 Å². The monoisotopic (exact) mass is 348 g/mol. The van der Waals surface area contributed by atoms with E-state index < -0.39 is 13.2 Å². The van der Waals surface area contributed by atoms with E-state index in [2.05, 4.69) is 4.98 Å². The van der Waals surface area contributed by atoms with Gasteiger partial charge in [0.2, 0.25) is 0 Å². The maximum atomic E-state index is 13.6. The third kappa shape index (κ3) is 4.23. The summed E-state index contributed by atoms with van der Waals surface area (Å²) in [5.41, 5.74) is 1.49. The SMILES string of the molecule is CCCCO[P@](=O)(c1ccc(N(C)C)cc1)[C@@H](O)c1cccnc1. The summed E-state index contributed by atoms with van der Waals surface area (Å²) in [6, 6.07) is 10.7. The third-order valence-corrected chi connectivity index (χ3v) is 6.34. The highest BCUT2D eigenvalue weighted by Gasteiger charge is 2.36. The summed E-state index contributed by atoms with van der Waals surface area (Å²) in [6.45, 7) is 2.39. The fourth-order valence-corrected chi connectivity index (χ4v) is 4.40. The summed E-state index contributed by atoms with van der Waals surface area (Å²) in [6.07, 6.45) is 4.86. The van der Waals surface area contributed by atoms with E-state index in [0.29, 0.717) is 17.5 Å². The van der Waals surface area contributed by atoms with Gasteiger partial charge >= 0.3 is 0 Å². The van der Waals surface area contributed by atoms with Gasteiger partial charge in [0.25, 0.3) is 7.37 Å². The Balaban J connectivity index is 2.37. The van der Waals surface area contributed by atoms with Crippen LogP contribution in [-0.4, -0.2) is 30.8 Å². The molecule has 1 aromatic heterocycles. The van der Waals surface area contributed by atoms with Gasteiger partial charge in [-0.3, -0.25) is 9.55 Å². The Labute approximate surface area is 143 Å². The molecule has 0 aliphatic carbocycles. The van der Waals surface area contributed by atoms with Crippen molar-refractivity contribution in [1.29, 1.82) is 0 Å². The van der Waals surface area contributed by atoms with Crippen molar-refractivity contribution >= 4 is 18.4 Å². The van der Waals surface area contributed by atoms with Crippen molar-refractivity contribution in [2.75, 3.05) is 25.6 Å². The van der Waals surface area contributed by atoms with Crippen molar-refractivity contribution < 1.29 is 14.2 Å². The van der Waals surface area contributed by atoms with E-state index in [1.54, 1.807) is 30.5 Å². The van der Waals surface area contributed by atoms with Crippen molar-refractivity contribution in [3.8, 4) is 0 Å². The second kappa shape index (κ2) is 8.43. The van der Waals surface area contributed by atoms with Gasteiger partial charge in [-0.15, -0.1) is 0 Å². The molecule has 0 radical (unpaired) electrons. The lowest BCUT2D eigenvalue weighted by molar-refractivity contribution is 0.212. The quantitative estimate of drug-likeness (QED) is 0.584. The molecule has 0 bridgehead atoms. The molecule has 1 N–H and O–H groups in total. The van der Waals surface area contributed by atoms with Gasteiger partial charge in [0.1, 0.15) is 0 Å². The zero-order chi connectivity index (χ0) is 17.6. The van der Waals surface area contributed by atoms with Crippen molar-refractivity contribution in [2.45, 2.75) is 25.6 Å². The summed E-state index contributed by atoms with van der Waals surface area (Å²) in [4.78, 5) is 5.97. The van der Waals surface area contributed by atoms with Crippen molar-refractivity contribution in [3.05, 3.63) is 54.4 Å². The summed E-state index contributed by atoms with van der Waals surface area (Å²) in [5, 5.41) is 11.2. The Morgan fingerprint density at radius 3 is 2.50 bits per heavy atom. The Kier molecular flexibility index (Phi) is 6.55. The van der Waals surface area contributed by atoms with Gasteiger partial charge in [0.05, 0.1) is 6.61 Å². The molecule has 2 atom stereocenters. The van der Waals surface area contributed by atoms with Gasteiger partial charge in [-0.25, -0.2) is 0 Å². The first kappa shape index (κ1) is 18.7. The van der Waals surface area contributed by atoms with Gasteiger partial charge in [-0.05, 0) is 36.8 Å². The first-order chi connectivity index (χ1) is 11.5. The minimum Gasteiger partial charge on any atom is -0.378 e. The minimum absolute atomic E-state index is 0.348. The molecule has 24 heavy (non-hydrogen) atoms. The van der Waals surface area contributed by atoms with Crippen molar-refractivity contribution in [3.63, 3.8) is 0 Å². The van der Waals surface area contributed by atoms with E-state index in [1.165, 1.54) is 6.20 Å². The molecule has 0 aliphatic heterocycles. The molecule has 1 aromatic carbocycles. The maximum Gasteiger partial charge on any atom is 0.264 e. The molecule has 2 rings (SSSR count). The zero-order valence-electron chi connectivity index (χ0n) is 14.4. The molecule has 5 nitrogen and oxygen atoms in total. The number of aromatic nitrogens is 1. The fraction of sp³-hybridized carbons (Fsp3) is 0.389. The highest BCUT2D eigenvalue weighted by atomic mass is 31.2. The number of anilines is 1. The highest BCUT2D eigenvalue weighted by Crippen LogP contribution is 2.57. The van der Waals surface area contributed by atoms with Gasteiger partial charge in [-0.1, -0.05) is 19.4 Å².